The van der Waals surface area contributed by atoms with Gasteiger partial charge < -0.3 is 14.0 Å². The minimum absolute atomic E-state index is 0.551. The molecule has 0 fully saturated rings. The molecule has 0 saturated heterocycles. The van der Waals surface area contributed by atoms with Crippen LogP contribution in [0.1, 0.15) is 18.2 Å². The maximum absolute atomic E-state index is 5.95. The Labute approximate surface area is 131 Å². The van der Waals surface area contributed by atoms with Crippen molar-refractivity contribution in [2.75, 3.05) is 7.11 Å². The van der Waals surface area contributed by atoms with Crippen LogP contribution < -0.4 is 9.47 Å². The number of aryl methyl sites for hydroxylation is 2. The van der Waals surface area contributed by atoms with Gasteiger partial charge in [0, 0.05) is 23.5 Å². The quantitative estimate of drug-likeness (QED) is 0.689. The summed E-state index contributed by atoms with van der Waals surface area (Å²) in [6.45, 7) is 5.80. The average molecular weight is 295 g/mol. The Balaban J connectivity index is 1.88. The summed E-state index contributed by atoms with van der Waals surface area (Å²) in [5, 5.41) is 1.30. The Kier molecular flexibility index (Phi) is 4.05. The molecule has 3 heteroatoms. The first-order valence-corrected chi connectivity index (χ1v) is 7.57. The molecule has 0 N–H and O–H groups in total. The molecule has 3 rings (SSSR count). The van der Waals surface area contributed by atoms with Crippen molar-refractivity contribution in [3.63, 3.8) is 0 Å². The second-order valence-electron chi connectivity index (χ2n) is 5.36. The molecule has 0 atom stereocenters. The first-order chi connectivity index (χ1) is 10.7. The van der Waals surface area contributed by atoms with Crippen molar-refractivity contribution >= 4 is 10.9 Å². The van der Waals surface area contributed by atoms with Gasteiger partial charge in [-0.1, -0.05) is 18.2 Å². The van der Waals surface area contributed by atoms with Crippen LogP contribution in [0.4, 0.5) is 0 Å². The molecule has 22 heavy (non-hydrogen) atoms. The highest BCUT2D eigenvalue weighted by Crippen LogP contribution is 2.25. The van der Waals surface area contributed by atoms with Gasteiger partial charge in [0.15, 0.2) is 0 Å². The number of rotatable bonds is 5. The summed E-state index contributed by atoms with van der Waals surface area (Å²) in [4.78, 5) is 0. The number of methoxy groups -OCH3 is 1. The van der Waals surface area contributed by atoms with Crippen molar-refractivity contribution in [1.29, 1.82) is 0 Å². The van der Waals surface area contributed by atoms with Crippen LogP contribution in [-0.4, -0.2) is 11.7 Å². The third kappa shape index (κ3) is 2.67. The normalized spacial score (nSPS) is 10.9. The predicted octanol–water partition coefficient (Wildman–Crippen LogP) is 4.56. The van der Waals surface area contributed by atoms with Gasteiger partial charge >= 0.3 is 0 Å². The van der Waals surface area contributed by atoms with Gasteiger partial charge in [-0.2, -0.15) is 0 Å². The van der Waals surface area contributed by atoms with E-state index in [1.165, 1.54) is 22.2 Å². The molecule has 1 heterocycles. The van der Waals surface area contributed by atoms with Gasteiger partial charge in [-0.15, -0.1) is 0 Å². The second-order valence-corrected chi connectivity index (χ2v) is 5.36. The van der Waals surface area contributed by atoms with Gasteiger partial charge in [0.05, 0.1) is 12.8 Å². The molecule has 0 spiro atoms. The second kappa shape index (κ2) is 6.14. The molecule has 0 aliphatic rings. The maximum Gasteiger partial charge on any atom is 0.128 e. The highest BCUT2D eigenvalue weighted by molar-refractivity contribution is 5.84. The maximum atomic E-state index is 5.95. The van der Waals surface area contributed by atoms with Crippen LogP contribution in [0.5, 0.6) is 11.5 Å². The fourth-order valence-corrected chi connectivity index (χ4v) is 2.83. The minimum atomic E-state index is 0.551. The van der Waals surface area contributed by atoms with Crippen LogP contribution in [0, 0.1) is 6.92 Å². The number of hydrogen-bond donors (Lipinski definition) is 0. The van der Waals surface area contributed by atoms with Crippen LogP contribution in [0.15, 0.2) is 48.5 Å². The number of benzene rings is 2. The lowest BCUT2D eigenvalue weighted by Crippen LogP contribution is -2.04. The topological polar surface area (TPSA) is 23.4 Å². The summed E-state index contributed by atoms with van der Waals surface area (Å²) < 4.78 is 13.5. The van der Waals surface area contributed by atoms with E-state index in [0.717, 1.165) is 18.0 Å². The molecule has 0 amide bonds. The summed E-state index contributed by atoms with van der Waals surface area (Å²) in [6.07, 6.45) is 0. The van der Waals surface area contributed by atoms with Gasteiger partial charge in [0.25, 0.3) is 0 Å². The van der Waals surface area contributed by atoms with Crippen LogP contribution in [0.3, 0.4) is 0 Å². The van der Waals surface area contributed by atoms with E-state index < -0.39 is 0 Å². The summed E-state index contributed by atoms with van der Waals surface area (Å²) >= 11 is 0. The van der Waals surface area contributed by atoms with Crippen molar-refractivity contribution in [2.45, 2.75) is 27.0 Å². The van der Waals surface area contributed by atoms with Gasteiger partial charge in [-0.3, -0.25) is 0 Å². The molecular weight excluding hydrogens is 274 g/mol. The van der Waals surface area contributed by atoms with E-state index >= 15 is 0 Å². The fourth-order valence-electron chi connectivity index (χ4n) is 2.83. The summed E-state index contributed by atoms with van der Waals surface area (Å²) in [7, 11) is 1.66. The summed E-state index contributed by atoms with van der Waals surface area (Å²) in [5.41, 5.74) is 3.76. The molecule has 114 valence electrons. The van der Waals surface area contributed by atoms with Gasteiger partial charge in [0.1, 0.15) is 18.1 Å². The standard InChI is InChI=1S/C19H21NO2/c1-4-20-15(11-18-14(2)7-5-10-19(18)20)13-22-17-9-6-8-16(12-17)21-3/h5-12H,4,13H2,1-3H3. The van der Waals surface area contributed by atoms with Gasteiger partial charge in [-0.25, -0.2) is 0 Å². The van der Waals surface area contributed by atoms with Crippen molar-refractivity contribution in [1.82, 2.24) is 4.57 Å². The summed E-state index contributed by atoms with van der Waals surface area (Å²) in [5.74, 6) is 1.63. The molecule has 0 radical (unpaired) electrons. The molecule has 1 aromatic heterocycles. The molecule has 0 aliphatic carbocycles. The molecule has 3 aromatic rings. The highest BCUT2D eigenvalue weighted by atomic mass is 16.5. The minimum Gasteiger partial charge on any atom is -0.497 e. The van der Waals surface area contributed by atoms with Gasteiger partial charge in [0.2, 0.25) is 0 Å². The van der Waals surface area contributed by atoms with Crippen molar-refractivity contribution in [2.24, 2.45) is 0 Å². The number of fused-ring (bicyclic) bond motifs is 1. The third-order valence-electron chi connectivity index (χ3n) is 3.99. The first-order valence-electron chi connectivity index (χ1n) is 7.57. The molecule has 0 saturated carbocycles. The Morgan fingerprint density at radius 3 is 2.55 bits per heavy atom. The van der Waals surface area contributed by atoms with E-state index in [2.05, 4.69) is 42.7 Å². The smallest absolute Gasteiger partial charge is 0.128 e. The molecule has 2 aromatic carbocycles. The lowest BCUT2D eigenvalue weighted by Gasteiger charge is -2.10. The third-order valence-corrected chi connectivity index (χ3v) is 3.99. The predicted molar refractivity (Wildman–Crippen MR) is 89.7 cm³/mol. The SMILES string of the molecule is CCn1c(COc2cccc(OC)c2)cc2c(C)cccc21. The lowest BCUT2D eigenvalue weighted by molar-refractivity contribution is 0.294. The zero-order valence-corrected chi connectivity index (χ0v) is 13.3. The Morgan fingerprint density at radius 2 is 1.77 bits per heavy atom. The first kappa shape index (κ1) is 14.5. The van der Waals surface area contributed by atoms with E-state index in [-0.39, 0.29) is 0 Å². The number of ether oxygens (including phenoxy) is 2. The summed E-state index contributed by atoms with van der Waals surface area (Å²) in [6, 6.07) is 16.4. The Bertz CT molecular complexity index is 789. The monoisotopic (exact) mass is 295 g/mol. The molecular formula is C19H21NO2. The van der Waals surface area contributed by atoms with Crippen LogP contribution in [0.25, 0.3) is 10.9 Å². The van der Waals surface area contributed by atoms with Crippen LogP contribution >= 0.6 is 0 Å². The highest BCUT2D eigenvalue weighted by Gasteiger charge is 2.09. The van der Waals surface area contributed by atoms with Crippen molar-refractivity contribution in [3.05, 3.63) is 59.8 Å². The van der Waals surface area contributed by atoms with E-state index in [1.807, 2.05) is 24.3 Å². The van der Waals surface area contributed by atoms with Crippen molar-refractivity contribution < 1.29 is 9.47 Å². The average Bonchev–Trinajstić information content (AvgIpc) is 2.92. The van der Waals surface area contributed by atoms with Gasteiger partial charge in [-0.05, 0) is 43.7 Å². The number of aromatic nitrogens is 1. The largest absolute Gasteiger partial charge is 0.497 e. The lowest BCUT2D eigenvalue weighted by atomic mass is 10.1. The zero-order chi connectivity index (χ0) is 15.5. The number of hydrogen-bond acceptors (Lipinski definition) is 2. The molecule has 0 unspecified atom stereocenters. The van der Waals surface area contributed by atoms with E-state index in [4.69, 9.17) is 9.47 Å². The zero-order valence-electron chi connectivity index (χ0n) is 13.3. The fraction of sp³-hybridized carbons (Fsp3) is 0.263. The van der Waals surface area contributed by atoms with E-state index in [0.29, 0.717) is 6.61 Å². The molecule has 3 nitrogen and oxygen atoms in total. The van der Waals surface area contributed by atoms with E-state index in [1.54, 1.807) is 7.11 Å². The molecule has 0 aliphatic heterocycles. The van der Waals surface area contributed by atoms with Crippen LogP contribution in [-0.2, 0) is 13.2 Å². The van der Waals surface area contributed by atoms with Crippen molar-refractivity contribution in [3.8, 4) is 11.5 Å². The number of nitrogens with zero attached hydrogens (tertiary/aromatic N) is 1. The molecule has 0 bridgehead atoms. The van der Waals surface area contributed by atoms with Crippen LogP contribution in [0.2, 0.25) is 0 Å². The Hall–Kier alpha value is -2.42. The van der Waals surface area contributed by atoms with E-state index in [9.17, 15) is 0 Å². The Morgan fingerprint density at radius 1 is 1.00 bits per heavy atom.